The van der Waals surface area contributed by atoms with Gasteiger partial charge in [0.05, 0.1) is 11.4 Å². The van der Waals surface area contributed by atoms with Crippen LogP contribution in [-0.2, 0) is 9.59 Å². The van der Waals surface area contributed by atoms with E-state index < -0.39 is 6.04 Å². The van der Waals surface area contributed by atoms with E-state index in [9.17, 15) is 9.59 Å². The quantitative estimate of drug-likeness (QED) is 0.715. The predicted molar refractivity (Wildman–Crippen MR) is 80.3 cm³/mol. The predicted octanol–water partition coefficient (Wildman–Crippen LogP) is 1.98. The van der Waals surface area contributed by atoms with E-state index in [1.54, 1.807) is 6.07 Å². The standard InChI is InChI=1S/C12H14BrN3O2.ClH/c1-6-4-7(13)5-9(11(6)14)16-12(18)8-2-3-10(17)15-8;/h4-5,8H,2-3,14H2,1H3,(H,15,17)(H,16,18);1H. The van der Waals surface area contributed by atoms with Gasteiger partial charge in [0, 0.05) is 10.9 Å². The highest BCUT2D eigenvalue weighted by atomic mass is 79.9. The van der Waals surface area contributed by atoms with Gasteiger partial charge in [-0.2, -0.15) is 0 Å². The molecule has 1 saturated heterocycles. The van der Waals surface area contributed by atoms with Crippen LogP contribution < -0.4 is 16.4 Å². The number of benzene rings is 1. The molecule has 1 aliphatic heterocycles. The maximum atomic E-state index is 11.9. The second kappa shape index (κ2) is 6.25. The lowest BCUT2D eigenvalue weighted by Gasteiger charge is -2.14. The Labute approximate surface area is 125 Å². The maximum Gasteiger partial charge on any atom is 0.247 e. The van der Waals surface area contributed by atoms with E-state index >= 15 is 0 Å². The van der Waals surface area contributed by atoms with Crippen molar-refractivity contribution in [3.63, 3.8) is 0 Å². The number of nitrogens with one attached hydrogen (secondary N) is 2. The summed E-state index contributed by atoms with van der Waals surface area (Å²) in [7, 11) is 0. The average molecular weight is 349 g/mol. The number of hydrogen-bond donors (Lipinski definition) is 3. The van der Waals surface area contributed by atoms with E-state index in [2.05, 4.69) is 26.6 Å². The van der Waals surface area contributed by atoms with Gasteiger partial charge in [0.1, 0.15) is 6.04 Å². The molecule has 0 aromatic heterocycles. The Morgan fingerprint density at radius 3 is 2.79 bits per heavy atom. The largest absolute Gasteiger partial charge is 0.397 e. The summed E-state index contributed by atoms with van der Waals surface area (Å²) in [6.45, 7) is 1.87. The number of rotatable bonds is 2. The van der Waals surface area contributed by atoms with Crippen molar-refractivity contribution in [2.45, 2.75) is 25.8 Å². The SMILES string of the molecule is Cc1cc(Br)cc(NC(=O)C2CCC(=O)N2)c1N.Cl. The first-order valence-corrected chi connectivity index (χ1v) is 6.42. The summed E-state index contributed by atoms with van der Waals surface area (Å²) in [6, 6.07) is 3.16. The van der Waals surface area contributed by atoms with Crippen LogP contribution in [0.25, 0.3) is 0 Å². The lowest BCUT2D eigenvalue weighted by molar-refractivity contribution is -0.122. The minimum atomic E-state index is -0.462. The Bertz CT molecular complexity index is 522. The minimum Gasteiger partial charge on any atom is -0.397 e. The molecule has 1 heterocycles. The zero-order valence-corrected chi connectivity index (χ0v) is 12.7. The Kier molecular flexibility index (Phi) is 5.20. The number of anilines is 2. The third kappa shape index (κ3) is 3.61. The summed E-state index contributed by atoms with van der Waals surface area (Å²) in [5.41, 5.74) is 7.89. The van der Waals surface area contributed by atoms with Crippen molar-refractivity contribution in [3.05, 3.63) is 22.2 Å². The molecule has 0 bridgehead atoms. The summed E-state index contributed by atoms with van der Waals surface area (Å²) in [6.07, 6.45) is 0.919. The number of halogens is 2. The molecule has 0 radical (unpaired) electrons. The van der Waals surface area contributed by atoms with E-state index in [0.29, 0.717) is 24.2 Å². The van der Waals surface area contributed by atoms with E-state index in [-0.39, 0.29) is 24.2 Å². The lowest BCUT2D eigenvalue weighted by atomic mass is 10.1. The molecule has 1 aromatic rings. The summed E-state index contributed by atoms with van der Waals surface area (Å²) in [5, 5.41) is 5.36. The van der Waals surface area contributed by atoms with Gasteiger partial charge in [-0.05, 0) is 31.0 Å². The van der Waals surface area contributed by atoms with Crippen molar-refractivity contribution in [2.24, 2.45) is 0 Å². The molecule has 0 aliphatic carbocycles. The lowest BCUT2D eigenvalue weighted by Crippen LogP contribution is -2.37. The van der Waals surface area contributed by atoms with Gasteiger partial charge < -0.3 is 16.4 Å². The Balaban J connectivity index is 0.00000180. The molecule has 104 valence electrons. The molecule has 1 unspecified atom stereocenters. The third-order valence-electron chi connectivity index (χ3n) is 2.92. The van der Waals surface area contributed by atoms with Crippen LogP contribution in [0.4, 0.5) is 11.4 Å². The van der Waals surface area contributed by atoms with Gasteiger partial charge in [-0.3, -0.25) is 9.59 Å². The zero-order valence-electron chi connectivity index (χ0n) is 10.3. The number of amides is 2. The van der Waals surface area contributed by atoms with Crippen LogP contribution in [0, 0.1) is 6.92 Å². The highest BCUT2D eigenvalue weighted by molar-refractivity contribution is 9.10. The fraction of sp³-hybridized carbons (Fsp3) is 0.333. The van der Waals surface area contributed by atoms with Crippen LogP contribution in [0.1, 0.15) is 18.4 Å². The van der Waals surface area contributed by atoms with Crippen molar-refractivity contribution in [1.82, 2.24) is 5.32 Å². The molecule has 5 nitrogen and oxygen atoms in total. The monoisotopic (exact) mass is 347 g/mol. The Morgan fingerprint density at radius 1 is 1.53 bits per heavy atom. The highest BCUT2D eigenvalue weighted by Gasteiger charge is 2.27. The number of hydrogen-bond acceptors (Lipinski definition) is 3. The van der Waals surface area contributed by atoms with E-state index in [1.807, 2.05) is 13.0 Å². The first kappa shape index (κ1) is 15.8. The molecule has 0 saturated carbocycles. The fourth-order valence-electron chi connectivity index (χ4n) is 1.89. The number of aryl methyl sites for hydroxylation is 1. The van der Waals surface area contributed by atoms with Gasteiger partial charge in [-0.25, -0.2) is 0 Å². The van der Waals surface area contributed by atoms with E-state index in [1.165, 1.54) is 0 Å². The van der Waals surface area contributed by atoms with E-state index in [0.717, 1.165) is 10.0 Å². The van der Waals surface area contributed by atoms with Crippen LogP contribution in [0.15, 0.2) is 16.6 Å². The average Bonchev–Trinajstić information content (AvgIpc) is 2.72. The van der Waals surface area contributed by atoms with Crippen LogP contribution in [-0.4, -0.2) is 17.9 Å². The van der Waals surface area contributed by atoms with Crippen molar-refractivity contribution in [1.29, 1.82) is 0 Å². The second-order valence-corrected chi connectivity index (χ2v) is 5.25. The van der Waals surface area contributed by atoms with E-state index in [4.69, 9.17) is 5.73 Å². The molecule has 19 heavy (non-hydrogen) atoms. The van der Waals surface area contributed by atoms with Crippen LogP contribution in [0.3, 0.4) is 0 Å². The topological polar surface area (TPSA) is 84.2 Å². The van der Waals surface area contributed by atoms with Crippen LogP contribution in [0.2, 0.25) is 0 Å². The van der Waals surface area contributed by atoms with Crippen LogP contribution >= 0.6 is 28.3 Å². The molecule has 4 N–H and O–H groups in total. The number of carbonyl (C=O) groups excluding carboxylic acids is 2. The van der Waals surface area contributed by atoms with Gasteiger partial charge in [0.15, 0.2) is 0 Å². The molecule has 1 atom stereocenters. The number of nitrogens with two attached hydrogens (primary N) is 1. The van der Waals surface area contributed by atoms with Crippen molar-refractivity contribution in [3.8, 4) is 0 Å². The van der Waals surface area contributed by atoms with Gasteiger partial charge in [-0.15, -0.1) is 12.4 Å². The summed E-state index contributed by atoms with van der Waals surface area (Å²) in [5.74, 6) is -0.321. The molecule has 0 spiro atoms. The summed E-state index contributed by atoms with van der Waals surface area (Å²) >= 11 is 3.35. The minimum absolute atomic E-state index is 0. The van der Waals surface area contributed by atoms with Crippen molar-refractivity contribution >= 4 is 51.5 Å². The van der Waals surface area contributed by atoms with Gasteiger partial charge in [0.25, 0.3) is 0 Å². The van der Waals surface area contributed by atoms with Gasteiger partial charge in [-0.1, -0.05) is 15.9 Å². The first-order valence-electron chi connectivity index (χ1n) is 5.63. The second-order valence-electron chi connectivity index (χ2n) is 4.33. The first-order chi connectivity index (χ1) is 8.47. The normalized spacial score (nSPS) is 17.6. The number of nitrogen functional groups attached to an aromatic ring is 1. The molecular formula is C12H15BrClN3O2. The smallest absolute Gasteiger partial charge is 0.247 e. The van der Waals surface area contributed by atoms with Gasteiger partial charge >= 0.3 is 0 Å². The highest BCUT2D eigenvalue weighted by Crippen LogP contribution is 2.27. The van der Waals surface area contributed by atoms with Crippen molar-refractivity contribution in [2.75, 3.05) is 11.1 Å². The fourth-order valence-corrected chi connectivity index (χ4v) is 2.46. The van der Waals surface area contributed by atoms with Crippen LogP contribution in [0.5, 0.6) is 0 Å². The molecular weight excluding hydrogens is 334 g/mol. The molecule has 1 aromatic carbocycles. The van der Waals surface area contributed by atoms with Gasteiger partial charge in [0.2, 0.25) is 11.8 Å². The molecule has 2 amide bonds. The van der Waals surface area contributed by atoms with Crippen molar-refractivity contribution < 1.29 is 9.59 Å². The Morgan fingerprint density at radius 2 is 2.21 bits per heavy atom. The Hall–Kier alpha value is -1.27. The molecule has 2 rings (SSSR count). The summed E-state index contributed by atoms with van der Waals surface area (Å²) < 4.78 is 0.847. The maximum absolute atomic E-state index is 11.9. The summed E-state index contributed by atoms with van der Waals surface area (Å²) in [4.78, 5) is 23.0. The molecule has 7 heteroatoms. The third-order valence-corrected chi connectivity index (χ3v) is 3.38. The zero-order chi connectivity index (χ0) is 13.3. The number of carbonyl (C=O) groups is 2. The molecule has 1 aliphatic rings. The molecule has 1 fully saturated rings.